The van der Waals surface area contributed by atoms with E-state index in [2.05, 4.69) is 15.9 Å². The van der Waals surface area contributed by atoms with Crippen molar-refractivity contribution >= 4 is 27.8 Å². The van der Waals surface area contributed by atoms with E-state index in [1.807, 2.05) is 0 Å². The zero-order chi connectivity index (χ0) is 14.7. The first kappa shape index (κ1) is 14.8. The predicted octanol–water partition coefficient (Wildman–Crippen LogP) is 2.32. The van der Waals surface area contributed by atoms with Crippen LogP contribution in [0.2, 0.25) is 0 Å². The molecule has 0 atom stereocenters. The van der Waals surface area contributed by atoms with Crippen LogP contribution in [0.5, 0.6) is 5.75 Å². The van der Waals surface area contributed by atoms with E-state index in [0.29, 0.717) is 4.47 Å². The van der Waals surface area contributed by atoms with Gasteiger partial charge in [0.2, 0.25) is 0 Å². The van der Waals surface area contributed by atoms with Crippen LogP contribution in [0.4, 0.5) is 0 Å². The number of rotatable bonds is 5. The fourth-order valence-corrected chi connectivity index (χ4v) is 2.29. The molecule has 2 rings (SSSR count). The van der Waals surface area contributed by atoms with Crippen LogP contribution in [0.3, 0.4) is 0 Å². The van der Waals surface area contributed by atoms with Gasteiger partial charge in [-0.1, -0.05) is 15.9 Å². The number of aromatic hydroxyl groups is 1. The third-order valence-corrected chi connectivity index (χ3v) is 3.54. The van der Waals surface area contributed by atoms with Crippen molar-refractivity contribution in [2.45, 2.75) is 25.8 Å². The van der Waals surface area contributed by atoms with Crippen LogP contribution >= 0.6 is 15.9 Å². The molecule has 0 saturated heterocycles. The summed E-state index contributed by atoms with van der Waals surface area (Å²) in [4.78, 5) is 25.5. The van der Waals surface area contributed by atoms with E-state index < -0.39 is 5.97 Å². The summed E-state index contributed by atoms with van der Waals surface area (Å²) in [6, 6.07) is 4.75. The Morgan fingerprint density at radius 3 is 2.70 bits per heavy atom. The summed E-state index contributed by atoms with van der Waals surface area (Å²) < 4.78 is 5.57. The lowest BCUT2D eigenvalue weighted by atomic mass is 10.1. The van der Waals surface area contributed by atoms with Crippen molar-refractivity contribution in [1.82, 2.24) is 4.90 Å². The van der Waals surface area contributed by atoms with Gasteiger partial charge >= 0.3 is 5.97 Å². The van der Waals surface area contributed by atoms with Crippen LogP contribution in [0.25, 0.3) is 0 Å². The molecular weight excluding hydrogens is 326 g/mol. The second-order valence-corrected chi connectivity index (χ2v) is 5.55. The monoisotopic (exact) mass is 341 g/mol. The standard InChI is InChI=1S/C14H16BrNO4/c1-2-20-13(18)8-16(10-4-5-10)14(19)11-6-3-9(15)7-12(11)17/h3,6-7,10,17H,2,4-5,8H2,1H3. The first-order valence-corrected chi connectivity index (χ1v) is 7.27. The molecule has 1 aromatic rings. The first-order valence-electron chi connectivity index (χ1n) is 6.48. The van der Waals surface area contributed by atoms with Crippen molar-refractivity contribution in [3.05, 3.63) is 28.2 Å². The Balaban J connectivity index is 2.16. The number of phenols is 1. The molecule has 1 amide bonds. The molecule has 0 heterocycles. The van der Waals surface area contributed by atoms with Gasteiger partial charge < -0.3 is 14.7 Å². The summed E-state index contributed by atoms with van der Waals surface area (Å²) >= 11 is 3.23. The fourth-order valence-electron chi connectivity index (χ4n) is 1.94. The third-order valence-electron chi connectivity index (χ3n) is 3.04. The SMILES string of the molecule is CCOC(=O)CN(C(=O)c1ccc(Br)cc1O)C1CC1. The minimum absolute atomic E-state index is 0.0648. The molecular formula is C14H16BrNO4. The molecule has 0 bridgehead atoms. The molecule has 0 spiro atoms. The molecule has 1 aromatic carbocycles. The molecule has 0 radical (unpaired) electrons. The second kappa shape index (κ2) is 6.26. The van der Waals surface area contributed by atoms with Crippen LogP contribution in [0.1, 0.15) is 30.1 Å². The highest BCUT2D eigenvalue weighted by molar-refractivity contribution is 9.10. The summed E-state index contributed by atoms with van der Waals surface area (Å²) in [7, 11) is 0. The van der Waals surface area contributed by atoms with Gasteiger partial charge in [-0.2, -0.15) is 0 Å². The van der Waals surface area contributed by atoms with Crippen LogP contribution in [0.15, 0.2) is 22.7 Å². The van der Waals surface area contributed by atoms with Crippen molar-refractivity contribution in [2.75, 3.05) is 13.2 Å². The average Bonchev–Trinajstić information content (AvgIpc) is 3.20. The van der Waals surface area contributed by atoms with E-state index in [9.17, 15) is 14.7 Å². The number of nitrogens with zero attached hydrogens (tertiary/aromatic N) is 1. The second-order valence-electron chi connectivity index (χ2n) is 4.63. The van der Waals surface area contributed by atoms with Gasteiger partial charge in [0, 0.05) is 10.5 Å². The number of amides is 1. The number of hydrogen-bond acceptors (Lipinski definition) is 4. The lowest BCUT2D eigenvalue weighted by molar-refractivity contribution is -0.144. The van der Waals surface area contributed by atoms with Gasteiger partial charge in [0.1, 0.15) is 12.3 Å². The van der Waals surface area contributed by atoms with Crippen LogP contribution < -0.4 is 0 Å². The zero-order valence-corrected chi connectivity index (χ0v) is 12.7. The summed E-state index contributed by atoms with van der Waals surface area (Å²) in [5.41, 5.74) is 0.199. The molecule has 1 saturated carbocycles. The minimum Gasteiger partial charge on any atom is -0.507 e. The van der Waals surface area contributed by atoms with Gasteiger partial charge in [0.25, 0.3) is 5.91 Å². The Morgan fingerprint density at radius 2 is 2.15 bits per heavy atom. The maximum Gasteiger partial charge on any atom is 0.325 e. The number of hydrogen-bond donors (Lipinski definition) is 1. The Labute approximate surface area is 125 Å². The maximum atomic E-state index is 12.4. The van der Waals surface area contributed by atoms with E-state index >= 15 is 0 Å². The number of esters is 1. The molecule has 0 aromatic heterocycles. The maximum absolute atomic E-state index is 12.4. The lowest BCUT2D eigenvalue weighted by Crippen LogP contribution is -2.38. The number of ether oxygens (including phenoxy) is 1. The van der Waals surface area contributed by atoms with Gasteiger partial charge in [0.05, 0.1) is 12.2 Å². The highest BCUT2D eigenvalue weighted by Gasteiger charge is 2.35. The van der Waals surface area contributed by atoms with Gasteiger partial charge in [-0.05, 0) is 38.0 Å². The highest BCUT2D eigenvalue weighted by atomic mass is 79.9. The van der Waals surface area contributed by atoms with E-state index in [1.165, 1.54) is 11.0 Å². The number of carbonyl (C=O) groups is 2. The smallest absolute Gasteiger partial charge is 0.325 e. The van der Waals surface area contributed by atoms with Crippen LogP contribution in [-0.2, 0) is 9.53 Å². The Hall–Kier alpha value is -1.56. The number of phenolic OH excluding ortho intramolecular Hbond substituents is 1. The largest absolute Gasteiger partial charge is 0.507 e. The topological polar surface area (TPSA) is 66.8 Å². The normalized spacial score (nSPS) is 13.9. The van der Waals surface area contributed by atoms with Crippen molar-refractivity contribution in [2.24, 2.45) is 0 Å². The molecule has 5 nitrogen and oxygen atoms in total. The number of halogens is 1. The van der Waals surface area contributed by atoms with Crippen molar-refractivity contribution in [3.8, 4) is 5.75 Å². The molecule has 1 aliphatic rings. The molecule has 0 aliphatic heterocycles. The molecule has 0 unspecified atom stereocenters. The van der Waals surface area contributed by atoms with E-state index in [4.69, 9.17) is 4.74 Å². The number of benzene rings is 1. The van der Waals surface area contributed by atoms with Gasteiger partial charge in [-0.3, -0.25) is 9.59 Å². The molecule has 1 N–H and O–H groups in total. The molecule has 1 fully saturated rings. The van der Waals surface area contributed by atoms with Crippen LogP contribution in [-0.4, -0.2) is 41.1 Å². The van der Waals surface area contributed by atoms with Gasteiger partial charge in [0.15, 0.2) is 0 Å². The third kappa shape index (κ3) is 3.50. The summed E-state index contributed by atoms with van der Waals surface area (Å²) in [5.74, 6) is -0.867. The Morgan fingerprint density at radius 1 is 1.45 bits per heavy atom. The summed E-state index contributed by atoms with van der Waals surface area (Å²) in [6.45, 7) is 1.93. The minimum atomic E-state index is -0.427. The molecule has 108 valence electrons. The zero-order valence-electron chi connectivity index (χ0n) is 11.1. The molecule has 20 heavy (non-hydrogen) atoms. The van der Waals surface area contributed by atoms with E-state index in [1.54, 1.807) is 19.1 Å². The first-order chi connectivity index (χ1) is 9.52. The Bertz CT molecular complexity index is 528. The lowest BCUT2D eigenvalue weighted by Gasteiger charge is -2.21. The van der Waals surface area contributed by atoms with Gasteiger partial charge in [-0.25, -0.2) is 0 Å². The molecule has 6 heteroatoms. The average molecular weight is 342 g/mol. The quantitative estimate of drug-likeness (QED) is 0.834. The summed E-state index contributed by atoms with van der Waals surface area (Å²) in [6.07, 6.45) is 1.75. The van der Waals surface area contributed by atoms with Crippen molar-refractivity contribution in [3.63, 3.8) is 0 Å². The van der Waals surface area contributed by atoms with Crippen LogP contribution in [0, 0.1) is 0 Å². The van der Waals surface area contributed by atoms with Crippen molar-refractivity contribution < 1.29 is 19.4 Å². The van der Waals surface area contributed by atoms with E-state index in [-0.39, 0.29) is 36.4 Å². The Kier molecular flexibility index (Phi) is 4.65. The summed E-state index contributed by atoms with van der Waals surface area (Å²) in [5, 5.41) is 9.86. The fraction of sp³-hybridized carbons (Fsp3) is 0.429. The van der Waals surface area contributed by atoms with E-state index in [0.717, 1.165) is 12.8 Å². The predicted molar refractivity (Wildman–Crippen MR) is 76.5 cm³/mol. The van der Waals surface area contributed by atoms with Crippen molar-refractivity contribution in [1.29, 1.82) is 0 Å². The highest BCUT2D eigenvalue weighted by Crippen LogP contribution is 2.30. The number of carbonyl (C=O) groups excluding carboxylic acids is 2. The molecule has 1 aliphatic carbocycles. The van der Waals surface area contributed by atoms with Gasteiger partial charge in [-0.15, -0.1) is 0 Å².